The van der Waals surface area contributed by atoms with Gasteiger partial charge in [-0.25, -0.2) is 4.99 Å². The molecular weight excluding hydrogens is 270 g/mol. The van der Waals surface area contributed by atoms with Crippen LogP contribution < -0.4 is 4.74 Å². The second-order valence-corrected chi connectivity index (χ2v) is 4.09. The van der Waals surface area contributed by atoms with Gasteiger partial charge in [-0.1, -0.05) is 0 Å². The van der Waals surface area contributed by atoms with Crippen LogP contribution in [0, 0.1) is 11.3 Å². The number of aliphatic imine (C=N–C) groups is 1. The van der Waals surface area contributed by atoms with Crippen molar-refractivity contribution in [1.29, 1.82) is 5.26 Å². The molecule has 0 aliphatic carbocycles. The Morgan fingerprint density at radius 3 is 2.69 bits per heavy atom. The molecule has 4 nitrogen and oxygen atoms in total. The molecule has 1 aromatic carbocycles. The third kappa shape index (κ3) is 2.74. The highest BCUT2D eigenvalue weighted by atomic mass is 79.9. The van der Waals surface area contributed by atoms with Crippen molar-refractivity contribution >= 4 is 28.0 Å². The Morgan fingerprint density at radius 1 is 1.50 bits per heavy atom. The quantitative estimate of drug-likeness (QED) is 0.632. The van der Waals surface area contributed by atoms with Crippen LogP contribution in [0.5, 0.6) is 5.75 Å². The van der Waals surface area contributed by atoms with E-state index in [0.29, 0.717) is 21.5 Å². The van der Waals surface area contributed by atoms with Crippen LogP contribution in [0.4, 0.5) is 5.69 Å². The molecule has 0 aromatic heterocycles. The van der Waals surface area contributed by atoms with Gasteiger partial charge in [0, 0.05) is 14.1 Å². The first-order valence-electron chi connectivity index (χ1n) is 4.57. The Bertz CT molecular complexity index is 449. The van der Waals surface area contributed by atoms with Crippen LogP contribution in [0.1, 0.15) is 5.56 Å². The van der Waals surface area contributed by atoms with E-state index in [2.05, 4.69) is 27.0 Å². The molecule has 0 heterocycles. The lowest BCUT2D eigenvalue weighted by Crippen LogP contribution is -2.07. The smallest absolute Gasteiger partial charge is 0.134 e. The average molecular weight is 282 g/mol. The van der Waals surface area contributed by atoms with Crippen LogP contribution in [0.15, 0.2) is 21.6 Å². The summed E-state index contributed by atoms with van der Waals surface area (Å²) in [6.07, 6.45) is 1.65. The highest BCUT2D eigenvalue weighted by Gasteiger charge is 2.10. The fourth-order valence-electron chi connectivity index (χ4n) is 1.10. The third-order valence-corrected chi connectivity index (χ3v) is 2.63. The molecule has 1 aromatic rings. The average Bonchev–Trinajstić information content (AvgIpc) is 2.26. The van der Waals surface area contributed by atoms with Gasteiger partial charge in [0.1, 0.15) is 11.8 Å². The Labute approximate surface area is 103 Å². The molecule has 0 N–H and O–H groups in total. The molecule has 0 unspecified atom stereocenters. The molecule has 0 bridgehead atoms. The molecule has 0 aliphatic heterocycles. The first kappa shape index (κ1) is 12.5. The normalized spacial score (nSPS) is 10.2. The Hall–Kier alpha value is -1.54. The number of ether oxygens (including phenoxy) is 1. The van der Waals surface area contributed by atoms with E-state index >= 15 is 0 Å². The predicted molar refractivity (Wildman–Crippen MR) is 67.2 cm³/mol. The molecule has 0 saturated heterocycles. The van der Waals surface area contributed by atoms with Gasteiger partial charge in [0.15, 0.2) is 0 Å². The lowest BCUT2D eigenvalue weighted by molar-refractivity contribution is 0.412. The van der Waals surface area contributed by atoms with Gasteiger partial charge in [0.2, 0.25) is 0 Å². The lowest BCUT2D eigenvalue weighted by Gasteiger charge is -2.07. The molecule has 16 heavy (non-hydrogen) atoms. The summed E-state index contributed by atoms with van der Waals surface area (Å²) in [5.74, 6) is 0.625. The molecule has 1 rings (SSSR count). The molecule has 0 spiro atoms. The van der Waals surface area contributed by atoms with Gasteiger partial charge in [0.05, 0.1) is 29.2 Å². The summed E-state index contributed by atoms with van der Waals surface area (Å²) in [6.45, 7) is 0. The van der Waals surface area contributed by atoms with Gasteiger partial charge in [-0.2, -0.15) is 5.26 Å². The number of nitrogens with zero attached hydrogens (tertiary/aromatic N) is 3. The van der Waals surface area contributed by atoms with Crippen molar-refractivity contribution in [2.45, 2.75) is 0 Å². The fraction of sp³-hybridized carbons (Fsp3) is 0.273. The third-order valence-electron chi connectivity index (χ3n) is 1.84. The summed E-state index contributed by atoms with van der Waals surface area (Å²) in [7, 11) is 5.30. The number of rotatable bonds is 3. The molecule has 0 atom stereocenters. The standard InChI is InChI=1S/C11H12BrN3O/c1-15(2)7-14-9-4-5-10(16-3)11(12)8(9)6-13/h4-5,7H,1-3H3/b14-7+. The number of hydrogen-bond donors (Lipinski definition) is 0. The van der Waals surface area contributed by atoms with Crippen molar-refractivity contribution in [2.75, 3.05) is 21.2 Å². The highest BCUT2D eigenvalue weighted by molar-refractivity contribution is 9.10. The topological polar surface area (TPSA) is 48.6 Å². The van der Waals surface area contributed by atoms with E-state index < -0.39 is 0 Å². The molecule has 0 saturated carbocycles. The zero-order chi connectivity index (χ0) is 12.1. The van der Waals surface area contributed by atoms with E-state index in [1.54, 1.807) is 30.5 Å². The van der Waals surface area contributed by atoms with Crippen LogP contribution in [-0.2, 0) is 0 Å². The van der Waals surface area contributed by atoms with Crippen molar-refractivity contribution in [3.8, 4) is 11.8 Å². The van der Waals surface area contributed by atoms with E-state index in [-0.39, 0.29) is 0 Å². The van der Waals surface area contributed by atoms with E-state index in [0.717, 1.165) is 0 Å². The van der Waals surface area contributed by atoms with Crippen molar-refractivity contribution in [2.24, 2.45) is 4.99 Å². The second-order valence-electron chi connectivity index (χ2n) is 3.30. The Kier molecular flexibility index (Phi) is 4.32. The van der Waals surface area contributed by atoms with Gasteiger partial charge < -0.3 is 9.64 Å². The van der Waals surface area contributed by atoms with E-state index in [9.17, 15) is 0 Å². The van der Waals surface area contributed by atoms with Crippen molar-refractivity contribution in [1.82, 2.24) is 4.90 Å². The molecule has 84 valence electrons. The van der Waals surface area contributed by atoms with Crippen LogP contribution in [0.3, 0.4) is 0 Å². The molecule has 0 amide bonds. The van der Waals surface area contributed by atoms with Gasteiger partial charge in [-0.15, -0.1) is 0 Å². The largest absolute Gasteiger partial charge is 0.496 e. The molecule has 0 aliphatic rings. The molecule has 0 radical (unpaired) electrons. The first-order valence-corrected chi connectivity index (χ1v) is 5.36. The molecular formula is C11H12BrN3O. The SMILES string of the molecule is COc1ccc(/N=C/N(C)C)c(C#N)c1Br. The zero-order valence-electron chi connectivity index (χ0n) is 9.36. The summed E-state index contributed by atoms with van der Waals surface area (Å²) < 4.78 is 5.74. The number of benzene rings is 1. The van der Waals surface area contributed by atoms with E-state index in [4.69, 9.17) is 10.00 Å². The summed E-state index contributed by atoms with van der Waals surface area (Å²) in [4.78, 5) is 6.01. The number of hydrogen-bond acceptors (Lipinski definition) is 3. The van der Waals surface area contributed by atoms with E-state index in [1.165, 1.54) is 0 Å². The highest BCUT2D eigenvalue weighted by Crippen LogP contribution is 2.34. The van der Waals surface area contributed by atoms with Crippen LogP contribution in [0.2, 0.25) is 0 Å². The number of halogens is 1. The minimum atomic E-state index is 0.470. The maximum Gasteiger partial charge on any atom is 0.134 e. The molecule has 5 heteroatoms. The van der Waals surface area contributed by atoms with Crippen LogP contribution in [-0.4, -0.2) is 32.4 Å². The fourth-order valence-corrected chi connectivity index (χ4v) is 1.68. The summed E-state index contributed by atoms with van der Waals surface area (Å²) in [5.41, 5.74) is 1.08. The maximum atomic E-state index is 9.06. The monoisotopic (exact) mass is 281 g/mol. The lowest BCUT2D eigenvalue weighted by atomic mass is 10.2. The van der Waals surface area contributed by atoms with Gasteiger partial charge in [-0.3, -0.25) is 0 Å². The minimum absolute atomic E-state index is 0.470. The Morgan fingerprint density at radius 2 is 2.19 bits per heavy atom. The van der Waals surface area contributed by atoms with Gasteiger partial charge in [0.25, 0.3) is 0 Å². The van der Waals surface area contributed by atoms with Crippen molar-refractivity contribution < 1.29 is 4.74 Å². The molecule has 0 fully saturated rings. The summed E-state index contributed by atoms with van der Waals surface area (Å²) in [6, 6.07) is 5.63. The van der Waals surface area contributed by atoms with E-state index in [1.807, 2.05) is 14.1 Å². The zero-order valence-corrected chi connectivity index (χ0v) is 10.9. The van der Waals surface area contributed by atoms with Crippen LogP contribution >= 0.6 is 15.9 Å². The number of nitriles is 1. The number of methoxy groups -OCH3 is 1. The summed E-state index contributed by atoms with van der Waals surface area (Å²) in [5, 5.41) is 9.06. The minimum Gasteiger partial charge on any atom is -0.496 e. The second kappa shape index (κ2) is 5.52. The van der Waals surface area contributed by atoms with Crippen molar-refractivity contribution in [3.05, 3.63) is 22.2 Å². The van der Waals surface area contributed by atoms with Crippen LogP contribution in [0.25, 0.3) is 0 Å². The maximum absolute atomic E-state index is 9.06. The van der Waals surface area contributed by atoms with Gasteiger partial charge >= 0.3 is 0 Å². The summed E-state index contributed by atoms with van der Waals surface area (Å²) >= 11 is 3.32. The van der Waals surface area contributed by atoms with Crippen molar-refractivity contribution in [3.63, 3.8) is 0 Å². The predicted octanol–water partition coefficient (Wildman–Crippen LogP) is 2.55. The van der Waals surface area contributed by atoms with Gasteiger partial charge in [-0.05, 0) is 28.1 Å². The first-order chi connectivity index (χ1) is 7.60. The Balaban J connectivity index is 3.22.